The van der Waals surface area contributed by atoms with Gasteiger partial charge in [0, 0.05) is 44.0 Å². The number of ether oxygens (including phenoxy) is 2. The number of aryl methyl sites for hydroxylation is 1. The molecule has 9 nitrogen and oxygen atoms in total. The fourth-order valence-electron chi connectivity index (χ4n) is 3.41. The monoisotopic (exact) mass is 398 g/mol. The third-order valence-electron chi connectivity index (χ3n) is 4.77. The first kappa shape index (κ1) is 19.1. The lowest BCUT2D eigenvalue weighted by atomic mass is 10.2. The summed E-state index contributed by atoms with van der Waals surface area (Å²) in [5.41, 5.74) is 0.654. The quantitative estimate of drug-likeness (QED) is 0.642. The third kappa shape index (κ3) is 4.98. The van der Waals surface area contributed by atoms with Crippen molar-refractivity contribution in [3.63, 3.8) is 0 Å². The Morgan fingerprint density at radius 3 is 2.69 bits per heavy atom. The van der Waals surface area contributed by atoms with E-state index < -0.39 is 0 Å². The van der Waals surface area contributed by atoms with Gasteiger partial charge in [0.25, 0.3) is 0 Å². The molecule has 0 aliphatic carbocycles. The highest BCUT2D eigenvalue weighted by atomic mass is 16.6. The van der Waals surface area contributed by atoms with Crippen molar-refractivity contribution in [2.45, 2.75) is 19.8 Å². The van der Waals surface area contributed by atoms with E-state index in [0.717, 1.165) is 30.5 Å². The fraction of sp³-hybridized carbons (Fsp3) is 0.450. The SMILES string of the molecule is Cc1nc(NCCNC(=O)Nc2ccc3c(c2)OCCO3)cc(N2CCCC2)n1. The summed E-state index contributed by atoms with van der Waals surface area (Å²) in [6, 6.07) is 7.03. The second kappa shape index (κ2) is 8.85. The second-order valence-electron chi connectivity index (χ2n) is 7.02. The molecule has 0 unspecified atom stereocenters. The molecule has 2 aromatic rings. The molecule has 1 aromatic carbocycles. The number of hydrogen-bond acceptors (Lipinski definition) is 7. The molecular formula is C20H26N6O3. The molecule has 0 atom stereocenters. The minimum absolute atomic E-state index is 0.278. The minimum Gasteiger partial charge on any atom is -0.486 e. The van der Waals surface area contributed by atoms with Crippen molar-refractivity contribution < 1.29 is 14.3 Å². The molecule has 4 rings (SSSR count). The van der Waals surface area contributed by atoms with E-state index in [1.165, 1.54) is 12.8 Å². The maximum atomic E-state index is 12.1. The summed E-state index contributed by atoms with van der Waals surface area (Å²) in [5.74, 6) is 3.81. The van der Waals surface area contributed by atoms with Crippen LogP contribution in [0.3, 0.4) is 0 Å². The van der Waals surface area contributed by atoms with Crippen molar-refractivity contribution in [1.29, 1.82) is 0 Å². The van der Waals surface area contributed by atoms with E-state index in [9.17, 15) is 4.79 Å². The van der Waals surface area contributed by atoms with Gasteiger partial charge in [-0.05, 0) is 31.9 Å². The van der Waals surface area contributed by atoms with Crippen LogP contribution >= 0.6 is 0 Å². The minimum atomic E-state index is -0.278. The van der Waals surface area contributed by atoms with Crippen LogP contribution in [0.5, 0.6) is 11.5 Å². The lowest BCUT2D eigenvalue weighted by Crippen LogP contribution is -2.32. The predicted octanol–water partition coefficient (Wildman–Crippen LogP) is 2.39. The van der Waals surface area contributed by atoms with Crippen LogP contribution in [0.4, 0.5) is 22.1 Å². The number of amides is 2. The van der Waals surface area contributed by atoms with Crippen LogP contribution in [-0.2, 0) is 0 Å². The molecule has 2 amide bonds. The first-order valence-corrected chi connectivity index (χ1v) is 9.96. The number of hydrogen-bond donors (Lipinski definition) is 3. The smallest absolute Gasteiger partial charge is 0.319 e. The van der Waals surface area contributed by atoms with Crippen molar-refractivity contribution in [3.05, 3.63) is 30.1 Å². The summed E-state index contributed by atoms with van der Waals surface area (Å²) in [7, 11) is 0. The largest absolute Gasteiger partial charge is 0.486 e. The normalized spacial score (nSPS) is 15.1. The standard InChI is InChI=1S/C20H26N6O3/c1-14-23-18(13-19(24-14)26-8-2-3-9-26)21-6-7-22-20(27)25-15-4-5-16-17(12-15)29-11-10-28-16/h4-5,12-13H,2-3,6-11H2,1H3,(H,21,23,24)(H2,22,25,27). The van der Waals surface area contributed by atoms with E-state index in [4.69, 9.17) is 9.47 Å². The molecule has 0 radical (unpaired) electrons. The van der Waals surface area contributed by atoms with Crippen LogP contribution in [0.1, 0.15) is 18.7 Å². The maximum absolute atomic E-state index is 12.1. The van der Waals surface area contributed by atoms with Crippen molar-refractivity contribution in [2.24, 2.45) is 0 Å². The Labute approximate surface area is 169 Å². The molecule has 2 aliphatic rings. The van der Waals surface area contributed by atoms with Crippen LogP contribution in [0, 0.1) is 6.92 Å². The van der Waals surface area contributed by atoms with Gasteiger partial charge in [0.1, 0.15) is 30.7 Å². The number of aromatic nitrogens is 2. The van der Waals surface area contributed by atoms with Crippen molar-refractivity contribution in [1.82, 2.24) is 15.3 Å². The topological polar surface area (TPSA) is 101 Å². The zero-order chi connectivity index (χ0) is 20.1. The first-order valence-electron chi connectivity index (χ1n) is 9.96. The van der Waals surface area contributed by atoms with Crippen molar-refractivity contribution >= 4 is 23.4 Å². The molecule has 154 valence electrons. The van der Waals surface area contributed by atoms with Crippen molar-refractivity contribution in [3.8, 4) is 11.5 Å². The van der Waals surface area contributed by atoms with Gasteiger partial charge < -0.3 is 30.3 Å². The van der Waals surface area contributed by atoms with Crippen LogP contribution in [-0.4, -0.2) is 55.4 Å². The highest BCUT2D eigenvalue weighted by molar-refractivity contribution is 5.89. The number of benzene rings is 1. The van der Waals surface area contributed by atoms with Gasteiger partial charge in [-0.25, -0.2) is 14.8 Å². The van der Waals surface area contributed by atoms with E-state index in [0.29, 0.717) is 43.5 Å². The van der Waals surface area contributed by atoms with Gasteiger partial charge in [0.05, 0.1) is 0 Å². The number of rotatable bonds is 6. The molecule has 3 heterocycles. The molecule has 0 bridgehead atoms. The van der Waals surface area contributed by atoms with E-state index in [-0.39, 0.29) is 6.03 Å². The summed E-state index contributed by atoms with van der Waals surface area (Å²) < 4.78 is 11.0. The molecule has 0 saturated carbocycles. The number of carbonyl (C=O) groups excluding carboxylic acids is 1. The Hall–Kier alpha value is -3.23. The van der Waals surface area contributed by atoms with Gasteiger partial charge in [-0.15, -0.1) is 0 Å². The van der Waals surface area contributed by atoms with Crippen LogP contribution in [0.2, 0.25) is 0 Å². The highest BCUT2D eigenvalue weighted by Crippen LogP contribution is 2.32. The molecule has 0 spiro atoms. The zero-order valence-electron chi connectivity index (χ0n) is 16.5. The number of anilines is 3. The van der Waals surface area contributed by atoms with Gasteiger partial charge in [-0.1, -0.05) is 0 Å². The molecule has 3 N–H and O–H groups in total. The maximum Gasteiger partial charge on any atom is 0.319 e. The van der Waals surface area contributed by atoms with Gasteiger partial charge in [0.2, 0.25) is 0 Å². The van der Waals surface area contributed by atoms with E-state index in [1.807, 2.05) is 13.0 Å². The average Bonchev–Trinajstić information content (AvgIpc) is 3.26. The summed E-state index contributed by atoms with van der Waals surface area (Å²) in [4.78, 5) is 23.3. The molecule has 1 saturated heterocycles. The molecule has 29 heavy (non-hydrogen) atoms. The average molecular weight is 398 g/mol. The Bertz CT molecular complexity index is 869. The zero-order valence-corrected chi connectivity index (χ0v) is 16.5. The van der Waals surface area contributed by atoms with Gasteiger partial charge >= 0.3 is 6.03 Å². The Kier molecular flexibility index (Phi) is 5.83. The van der Waals surface area contributed by atoms with E-state index in [1.54, 1.807) is 18.2 Å². The van der Waals surface area contributed by atoms with Gasteiger partial charge in [-0.3, -0.25) is 0 Å². The highest BCUT2D eigenvalue weighted by Gasteiger charge is 2.15. The predicted molar refractivity (Wildman–Crippen MR) is 111 cm³/mol. The summed E-state index contributed by atoms with van der Waals surface area (Å²) in [5, 5.41) is 8.88. The third-order valence-corrected chi connectivity index (χ3v) is 4.77. The number of nitrogens with zero attached hydrogens (tertiary/aromatic N) is 3. The van der Waals surface area contributed by atoms with Crippen LogP contribution in [0.25, 0.3) is 0 Å². The molecule has 2 aliphatic heterocycles. The molecular weight excluding hydrogens is 372 g/mol. The Balaban J connectivity index is 1.24. The second-order valence-corrected chi connectivity index (χ2v) is 7.02. The summed E-state index contributed by atoms with van der Waals surface area (Å²) >= 11 is 0. The Morgan fingerprint density at radius 2 is 1.86 bits per heavy atom. The van der Waals surface area contributed by atoms with E-state index >= 15 is 0 Å². The number of nitrogens with one attached hydrogen (secondary N) is 3. The lowest BCUT2D eigenvalue weighted by molar-refractivity contribution is 0.171. The van der Waals surface area contributed by atoms with Gasteiger partial charge in [-0.2, -0.15) is 0 Å². The molecule has 1 fully saturated rings. The van der Waals surface area contributed by atoms with E-state index in [2.05, 4.69) is 30.8 Å². The first-order chi connectivity index (χ1) is 14.2. The Morgan fingerprint density at radius 1 is 1.07 bits per heavy atom. The summed E-state index contributed by atoms with van der Waals surface area (Å²) in [6.45, 7) is 6.04. The molecule has 1 aromatic heterocycles. The van der Waals surface area contributed by atoms with Crippen LogP contribution < -0.4 is 30.3 Å². The van der Waals surface area contributed by atoms with Gasteiger partial charge in [0.15, 0.2) is 11.5 Å². The number of fused-ring (bicyclic) bond motifs is 1. The fourth-order valence-corrected chi connectivity index (χ4v) is 3.41. The lowest BCUT2D eigenvalue weighted by Gasteiger charge is -2.19. The van der Waals surface area contributed by atoms with Crippen molar-refractivity contribution in [2.75, 3.05) is 54.9 Å². The molecule has 9 heteroatoms. The number of urea groups is 1. The van der Waals surface area contributed by atoms with Crippen LogP contribution in [0.15, 0.2) is 24.3 Å². The summed E-state index contributed by atoms with van der Waals surface area (Å²) in [6.07, 6.45) is 2.41. The number of carbonyl (C=O) groups is 1.